The maximum Gasteiger partial charge on any atom is 0.160 e. The van der Waals surface area contributed by atoms with E-state index < -0.39 is 0 Å². The molecule has 0 heterocycles. The smallest absolute Gasteiger partial charge is 0.160 e. The summed E-state index contributed by atoms with van der Waals surface area (Å²) in [7, 11) is 3.29. The molecule has 0 saturated heterocycles. The molecule has 0 bridgehead atoms. The lowest BCUT2D eigenvalue weighted by molar-refractivity contribution is 0.234. The van der Waals surface area contributed by atoms with E-state index in [1.54, 1.807) is 14.2 Å². The van der Waals surface area contributed by atoms with Gasteiger partial charge in [-0.15, -0.1) is 0 Å². The normalized spacial score (nSPS) is 12.2. The van der Waals surface area contributed by atoms with Gasteiger partial charge in [-0.05, 0) is 49.5 Å². The Hall–Kier alpha value is -1.26. The van der Waals surface area contributed by atoms with Gasteiger partial charge in [0.1, 0.15) is 0 Å². The van der Waals surface area contributed by atoms with E-state index in [2.05, 4.69) is 11.4 Å². The van der Waals surface area contributed by atoms with E-state index in [-0.39, 0.29) is 6.61 Å². The number of aliphatic hydroxyl groups excluding tert-OH is 1. The molecule has 0 saturated carbocycles. The van der Waals surface area contributed by atoms with Crippen molar-refractivity contribution < 1.29 is 14.6 Å². The molecule has 0 spiro atoms. The van der Waals surface area contributed by atoms with Crippen molar-refractivity contribution in [3.05, 3.63) is 23.8 Å². The minimum Gasteiger partial charge on any atom is -0.493 e. The summed E-state index contributed by atoms with van der Waals surface area (Å²) in [5.74, 6) is 1.86. The Morgan fingerprint density at radius 3 is 2.58 bits per heavy atom. The zero-order chi connectivity index (χ0) is 14.1. The number of aliphatic hydroxyl groups is 1. The number of rotatable bonds is 9. The van der Waals surface area contributed by atoms with E-state index in [4.69, 9.17) is 14.6 Å². The van der Waals surface area contributed by atoms with Gasteiger partial charge < -0.3 is 19.9 Å². The second-order valence-corrected chi connectivity index (χ2v) is 4.78. The third-order valence-electron chi connectivity index (χ3n) is 3.07. The zero-order valence-corrected chi connectivity index (χ0v) is 12.1. The molecular weight excluding hydrogens is 242 g/mol. The fourth-order valence-corrected chi connectivity index (χ4v) is 1.87. The van der Waals surface area contributed by atoms with Crippen LogP contribution in [-0.2, 0) is 6.42 Å². The summed E-state index contributed by atoms with van der Waals surface area (Å²) in [5.41, 5.74) is 1.25. The molecule has 0 aliphatic heterocycles. The number of aryl methyl sites for hydroxylation is 1. The Balaban J connectivity index is 2.33. The van der Waals surface area contributed by atoms with Crippen LogP contribution in [-0.4, -0.2) is 39.0 Å². The maximum absolute atomic E-state index is 8.91. The van der Waals surface area contributed by atoms with E-state index in [0.717, 1.165) is 37.4 Å². The van der Waals surface area contributed by atoms with Gasteiger partial charge in [0, 0.05) is 6.61 Å². The van der Waals surface area contributed by atoms with E-state index in [1.807, 2.05) is 19.1 Å². The van der Waals surface area contributed by atoms with Crippen LogP contribution in [0.3, 0.4) is 0 Å². The van der Waals surface area contributed by atoms with Crippen molar-refractivity contribution in [2.75, 3.05) is 33.9 Å². The number of hydrogen-bond acceptors (Lipinski definition) is 4. The first-order valence-electron chi connectivity index (χ1n) is 6.73. The van der Waals surface area contributed by atoms with Crippen LogP contribution < -0.4 is 14.8 Å². The van der Waals surface area contributed by atoms with Crippen LogP contribution in [0.15, 0.2) is 18.2 Å². The lowest BCUT2D eigenvalue weighted by atomic mass is 10.1. The average Bonchev–Trinajstić information content (AvgIpc) is 2.46. The van der Waals surface area contributed by atoms with Crippen LogP contribution >= 0.6 is 0 Å². The second kappa shape index (κ2) is 8.77. The molecule has 2 N–H and O–H groups in total. The molecule has 0 fully saturated rings. The molecule has 0 radical (unpaired) electrons. The summed E-state index contributed by atoms with van der Waals surface area (Å²) >= 11 is 0. The van der Waals surface area contributed by atoms with Gasteiger partial charge in [0.15, 0.2) is 11.5 Å². The largest absolute Gasteiger partial charge is 0.493 e. The molecule has 1 aromatic rings. The number of benzene rings is 1. The van der Waals surface area contributed by atoms with Gasteiger partial charge in [-0.1, -0.05) is 13.0 Å². The van der Waals surface area contributed by atoms with Gasteiger partial charge in [-0.3, -0.25) is 0 Å². The maximum atomic E-state index is 8.91. The number of nitrogens with one attached hydrogen (secondary N) is 1. The summed E-state index contributed by atoms with van der Waals surface area (Å²) in [6.07, 6.45) is 2.06. The minimum atomic E-state index is 0.239. The molecule has 4 nitrogen and oxygen atoms in total. The topological polar surface area (TPSA) is 50.7 Å². The van der Waals surface area contributed by atoms with Crippen LogP contribution in [0.2, 0.25) is 0 Å². The highest BCUT2D eigenvalue weighted by Gasteiger charge is 2.04. The van der Waals surface area contributed by atoms with Crippen LogP contribution in [0.25, 0.3) is 0 Å². The monoisotopic (exact) mass is 267 g/mol. The second-order valence-electron chi connectivity index (χ2n) is 4.78. The van der Waals surface area contributed by atoms with Crippen molar-refractivity contribution in [2.45, 2.75) is 19.8 Å². The van der Waals surface area contributed by atoms with Crippen molar-refractivity contribution >= 4 is 0 Å². The molecule has 0 amide bonds. The van der Waals surface area contributed by atoms with Crippen molar-refractivity contribution in [3.8, 4) is 11.5 Å². The molecule has 0 unspecified atom stereocenters. The Bertz CT molecular complexity index is 368. The van der Waals surface area contributed by atoms with E-state index in [0.29, 0.717) is 5.92 Å². The summed E-state index contributed by atoms with van der Waals surface area (Å²) in [6, 6.07) is 6.03. The van der Waals surface area contributed by atoms with Crippen molar-refractivity contribution in [1.82, 2.24) is 5.32 Å². The average molecular weight is 267 g/mol. The van der Waals surface area contributed by atoms with Gasteiger partial charge in [0.25, 0.3) is 0 Å². The third-order valence-corrected chi connectivity index (χ3v) is 3.07. The summed E-state index contributed by atoms with van der Waals surface area (Å²) in [4.78, 5) is 0. The molecule has 4 heteroatoms. The first kappa shape index (κ1) is 15.8. The Labute approximate surface area is 115 Å². The van der Waals surface area contributed by atoms with Crippen molar-refractivity contribution in [2.24, 2.45) is 5.92 Å². The molecule has 19 heavy (non-hydrogen) atoms. The number of ether oxygens (including phenoxy) is 2. The van der Waals surface area contributed by atoms with Gasteiger partial charge in [0.05, 0.1) is 14.2 Å². The Morgan fingerprint density at radius 1 is 1.21 bits per heavy atom. The molecule has 0 aliphatic carbocycles. The molecular formula is C15H25NO3. The van der Waals surface area contributed by atoms with E-state index in [1.165, 1.54) is 5.56 Å². The Kier molecular flexibility index (Phi) is 7.30. The summed E-state index contributed by atoms with van der Waals surface area (Å²) < 4.78 is 10.5. The van der Waals surface area contributed by atoms with Crippen molar-refractivity contribution in [1.29, 1.82) is 0 Å². The predicted octanol–water partition coefficient (Wildman–Crippen LogP) is 1.85. The lowest BCUT2D eigenvalue weighted by Crippen LogP contribution is -2.24. The first-order valence-corrected chi connectivity index (χ1v) is 6.73. The third kappa shape index (κ3) is 5.49. The molecule has 1 atom stereocenters. The van der Waals surface area contributed by atoms with Crippen LogP contribution in [0.5, 0.6) is 11.5 Å². The van der Waals surface area contributed by atoms with Gasteiger partial charge in [0.2, 0.25) is 0 Å². The van der Waals surface area contributed by atoms with Gasteiger partial charge >= 0.3 is 0 Å². The van der Waals surface area contributed by atoms with Gasteiger partial charge in [-0.2, -0.15) is 0 Å². The molecule has 0 aliphatic rings. The van der Waals surface area contributed by atoms with Crippen LogP contribution in [0.4, 0.5) is 0 Å². The zero-order valence-electron chi connectivity index (χ0n) is 12.1. The number of hydrogen-bond donors (Lipinski definition) is 2. The van der Waals surface area contributed by atoms with E-state index in [9.17, 15) is 0 Å². The minimum absolute atomic E-state index is 0.239. The molecule has 1 aromatic carbocycles. The lowest BCUT2D eigenvalue weighted by Gasteiger charge is -2.11. The highest BCUT2D eigenvalue weighted by atomic mass is 16.5. The standard InChI is InChI=1S/C15H25NO3/c1-12(11-17)10-16-8-4-5-13-6-7-14(18-2)15(9-13)19-3/h6-7,9,12,16-17H,4-5,8,10-11H2,1-3H3/t12-/m0/s1. The summed E-state index contributed by atoms with van der Waals surface area (Å²) in [5, 5.41) is 12.3. The highest BCUT2D eigenvalue weighted by molar-refractivity contribution is 5.42. The fourth-order valence-electron chi connectivity index (χ4n) is 1.87. The Morgan fingerprint density at radius 2 is 1.95 bits per heavy atom. The number of methoxy groups -OCH3 is 2. The fraction of sp³-hybridized carbons (Fsp3) is 0.600. The quantitative estimate of drug-likeness (QED) is 0.671. The van der Waals surface area contributed by atoms with E-state index >= 15 is 0 Å². The van der Waals surface area contributed by atoms with Crippen LogP contribution in [0.1, 0.15) is 18.9 Å². The first-order chi connectivity index (χ1) is 9.21. The molecule has 1 rings (SSSR count). The van der Waals surface area contributed by atoms with Gasteiger partial charge in [-0.25, -0.2) is 0 Å². The summed E-state index contributed by atoms with van der Waals surface area (Å²) in [6.45, 7) is 4.09. The predicted molar refractivity (Wildman–Crippen MR) is 77.0 cm³/mol. The van der Waals surface area contributed by atoms with Crippen LogP contribution in [0, 0.1) is 5.92 Å². The highest BCUT2D eigenvalue weighted by Crippen LogP contribution is 2.27. The molecule has 0 aromatic heterocycles. The molecule has 108 valence electrons. The SMILES string of the molecule is COc1ccc(CCCNC[C@H](C)CO)cc1OC. The van der Waals surface area contributed by atoms with Crippen molar-refractivity contribution in [3.63, 3.8) is 0 Å².